The lowest BCUT2D eigenvalue weighted by Crippen LogP contribution is -2.40. The summed E-state index contributed by atoms with van der Waals surface area (Å²) in [4.78, 5) is 4.92. The average molecular weight is 391 g/mol. The fourth-order valence-electron chi connectivity index (χ4n) is 4.12. The third kappa shape index (κ3) is 4.20. The van der Waals surface area contributed by atoms with Crippen LogP contribution in [0.5, 0.6) is 5.75 Å². The Kier molecular flexibility index (Phi) is 4.95. The van der Waals surface area contributed by atoms with Gasteiger partial charge < -0.3 is 9.59 Å². The molecule has 0 bridgehead atoms. The molecule has 0 amide bonds. The lowest BCUT2D eigenvalue weighted by atomic mass is 9.87. The molecule has 0 unspecified atom stereocenters. The molecule has 1 aromatic heterocycles. The van der Waals surface area contributed by atoms with Crippen molar-refractivity contribution in [2.75, 3.05) is 20.1 Å². The SMILES string of the molecule is CC(C)(C)c1ccc(-c2nc(C[N+]3(C)CCCC3)nn2-c2cccc([O-])c2)cc1. The van der Waals surface area contributed by atoms with Crippen molar-refractivity contribution in [1.29, 1.82) is 0 Å². The Morgan fingerprint density at radius 2 is 1.72 bits per heavy atom. The third-order valence-electron chi connectivity index (χ3n) is 5.89. The Morgan fingerprint density at radius 1 is 1.03 bits per heavy atom. The molecule has 1 fully saturated rings. The summed E-state index contributed by atoms with van der Waals surface area (Å²) in [7, 11) is 2.28. The molecular formula is C24H30N4O. The van der Waals surface area contributed by atoms with Crippen LogP contribution < -0.4 is 5.11 Å². The molecule has 5 heteroatoms. The summed E-state index contributed by atoms with van der Waals surface area (Å²) < 4.78 is 2.80. The van der Waals surface area contributed by atoms with E-state index in [0.717, 1.165) is 33.9 Å². The molecule has 5 nitrogen and oxygen atoms in total. The van der Waals surface area contributed by atoms with Gasteiger partial charge in [0.2, 0.25) is 5.82 Å². The normalized spacial score (nSPS) is 16.3. The van der Waals surface area contributed by atoms with E-state index in [2.05, 4.69) is 52.1 Å². The fraction of sp³-hybridized carbons (Fsp3) is 0.417. The molecule has 152 valence electrons. The number of quaternary nitrogens is 1. The highest BCUT2D eigenvalue weighted by atomic mass is 16.3. The Labute approximate surface area is 173 Å². The molecule has 4 rings (SSSR count). The van der Waals surface area contributed by atoms with Crippen molar-refractivity contribution >= 4 is 0 Å². The van der Waals surface area contributed by atoms with Crippen molar-refractivity contribution in [1.82, 2.24) is 14.8 Å². The Balaban J connectivity index is 1.76. The van der Waals surface area contributed by atoms with Crippen LogP contribution in [0.3, 0.4) is 0 Å². The second-order valence-electron chi connectivity index (χ2n) is 9.52. The highest BCUT2D eigenvalue weighted by molar-refractivity contribution is 5.59. The molecule has 1 saturated heterocycles. The number of hydrogen-bond donors (Lipinski definition) is 0. The quantitative estimate of drug-likeness (QED) is 0.632. The van der Waals surface area contributed by atoms with Crippen LogP contribution in [0, 0.1) is 0 Å². The molecule has 0 atom stereocenters. The van der Waals surface area contributed by atoms with Crippen molar-refractivity contribution in [3.63, 3.8) is 0 Å². The minimum Gasteiger partial charge on any atom is -0.872 e. The summed E-state index contributed by atoms with van der Waals surface area (Å²) in [6, 6.07) is 15.4. The van der Waals surface area contributed by atoms with E-state index in [0.29, 0.717) is 0 Å². The standard InChI is InChI=1S/C24H30N4O/c1-24(2,3)19-12-10-18(11-13-19)23-25-22(17-28(4)14-5-6-15-28)26-27(23)20-8-7-9-21(29)16-20/h7-13,16H,5-6,14-15,17H2,1-4H3. The van der Waals surface area contributed by atoms with Crippen LogP contribution in [0.2, 0.25) is 0 Å². The molecular weight excluding hydrogens is 360 g/mol. The van der Waals surface area contributed by atoms with Gasteiger partial charge in [0, 0.05) is 18.4 Å². The summed E-state index contributed by atoms with van der Waals surface area (Å²) in [6.45, 7) is 9.78. The molecule has 1 aliphatic rings. The smallest absolute Gasteiger partial charge is 0.206 e. The maximum atomic E-state index is 11.9. The van der Waals surface area contributed by atoms with E-state index >= 15 is 0 Å². The number of nitrogens with zero attached hydrogens (tertiary/aromatic N) is 4. The summed E-state index contributed by atoms with van der Waals surface area (Å²) in [5.41, 5.74) is 3.15. The van der Waals surface area contributed by atoms with Crippen LogP contribution in [-0.4, -0.2) is 39.4 Å². The van der Waals surface area contributed by atoms with Gasteiger partial charge in [0.25, 0.3) is 0 Å². The lowest BCUT2D eigenvalue weighted by molar-refractivity contribution is -0.911. The Hall–Kier alpha value is -2.66. The highest BCUT2D eigenvalue weighted by Crippen LogP contribution is 2.28. The summed E-state index contributed by atoms with van der Waals surface area (Å²) in [5.74, 6) is 1.60. The Morgan fingerprint density at radius 3 is 2.34 bits per heavy atom. The van der Waals surface area contributed by atoms with Crippen LogP contribution in [-0.2, 0) is 12.0 Å². The van der Waals surface area contributed by atoms with E-state index in [1.165, 1.54) is 31.5 Å². The zero-order valence-corrected chi connectivity index (χ0v) is 17.9. The van der Waals surface area contributed by atoms with Crippen LogP contribution >= 0.6 is 0 Å². The number of benzene rings is 2. The van der Waals surface area contributed by atoms with Gasteiger partial charge in [-0.25, -0.2) is 9.67 Å². The minimum atomic E-state index is -0.0212. The molecule has 0 spiro atoms. The molecule has 0 radical (unpaired) electrons. The Bertz CT molecular complexity index is 992. The van der Waals surface area contributed by atoms with Crippen molar-refractivity contribution in [3.8, 4) is 22.8 Å². The summed E-state index contributed by atoms with van der Waals surface area (Å²) >= 11 is 0. The molecule has 0 N–H and O–H groups in total. The van der Waals surface area contributed by atoms with Crippen molar-refractivity contribution < 1.29 is 9.59 Å². The number of hydrogen-bond acceptors (Lipinski definition) is 3. The number of likely N-dealkylation sites (tertiary alicyclic amines) is 1. The second-order valence-corrected chi connectivity index (χ2v) is 9.52. The van der Waals surface area contributed by atoms with E-state index in [-0.39, 0.29) is 11.2 Å². The van der Waals surface area contributed by atoms with Gasteiger partial charge in [-0.2, -0.15) is 0 Å². The van der Waals surface area contributed by atoms with Gasteiger partial charge in [-0.3, -0.25) is 0 Å². The van der Waals surface area contributed by atoms with Gasteiger partial charge in [0.15, 0.2) is 5.82 Å². The van der Waals surface area contributed by atoms with Gasteiger partial charge >= 0.3 is 0 Å². The maximum absolute atomic E-state index is 11.9. The first-order valence-corrected chi connectivity index (χ1v) is 10.4. The van der Waals surface area contributed by atoms with E-state index in [1.54, 1.807) is 18.2 Å². The van der Waals surface area contributed by atoms with Crippen molar-refractivity contribution in [3.05, 3.63) is 59.9 Å². The molecule has 29 heavy (non-hydrogen) atoms. The molecule has 2 heterocycles. The minimum absolute atomic E-state index is 0.0212. The maximum Gasteiger partial charge on any atom is 0.206 e. The monoisotopic (exact) mass is 390 g/mol. The predicted octanol–water partition coefficient (Wildman–Crippen LogP) is 4.05. The zero-order valence-electron chi connectivity index (χ0n) is 17.9. The lowest BCUT2D eigenvalue weighted by Gasteiger charge is -2.27. The fourth-order valence-corrected chi connectivity index (χ4v) is 4.12. The van der Waals surface area contributed by atoms with Crippen LogP contribution in [0.1, 0.15) is 45.0 Å². The van der Waals surface area contributed by atoms with Gasteiger partial charge in [0.1, 0.15) is 6.54 Å². The van der Waals surface area contributed by atoms with Gasteiger partial charge in [0.05, 0.1) is 25.8 Å². The molecule has 3 aromatic rings. The number of aromatic nitrogens is 3. The van der Waals surface area contributed by atoms with Crippen LogP contribution in [0.25, 0.3) is 17.1 Å². The van der Waals surface area contributed by atoms with E-state index in [1.807, 2.05) is 10.7 Å². The second kappa shape index (κ2) is 7.30. The average Bonchev–Trinajstić information content (AvgIpc) is 3.28. The van der Waals surface area contributed by atoms with Crippen molar-refractivity contribution in [2.24, 2.45) is 0 Å². The molecule has 0 aliphatic carbocycles. The first-order valence-electron chi connectivity index (χ1n) is 10.4. The van der Waals surface area contributed by atoms with E-state index < -0.39 is 0 Å². The van der Waals surface area contributed by atoms with E-state index in [9.17, 15) is 5.11 Å². The summed E-state index contributed by atoms with van der Waals surface area (Å²) in [6.07, 6.45) is 2.52. The van der Waals surface area contributed by atoms with Gasteiger partial charge in [-0.05, 0) is 23.1 Å². The molecule has 0 saturated carbocycles. The largest absolute Gasteiger partial charge is 0.872 e. The van der Waals surface area contributed by atoms with Crippen LogP contribution in [0.4, 0.5) is 0 Å². The number of rotatable bonds is 4. The first kappa shape index (κ1) is 19.6. The van der Waals surface area contributed by atoms with Gasteiger partial charge in [-0.1, -0.05) is 57.2 Å². The van der Waals surface area contributed by atoms with E-state index in [4.69, 9.17) is 10.1 Å². The zero-order chi connectivity index (χ0) is 20.6. The molecule has 2 aromatic carbocycles. The highest BCUT2D eigenvalue weighted by Gasteiger charge is 2.29. The van der Waals surface area contributed by atoms with Crippen LogP contribution in [0.15, 0.2) is 48.5 Å². The molecule has 1 aliphatic heterocycles. The topological polar surface area (TPSA) is 53.8 Å². The third-order valence-corrected chi connectivity index (χ3v) is 5.89. The van der Waals surface area contributed by atoms with Gasteiger partial charge in [-0.15, -0.1) is 10.8 Å². The predicted molar refractivity (Wildman–Crippen MR) is 114 cm³/mol. The van der Waals surface area contributed by atoms with Crippen molar-refractivity contribution in [2.45, 2.75) is 45.6 Å². The first-order chi connectivity index (χ1) is 13.7. The summed E-state index contributed by atoms with van der Waals surface area (Å²) in [5, 5.41) is 16.8.